The number of hydrogen-bond acceptors (Lipinski definition) is 1. The van der Waals surface area contributed by atoms with Crippen LogP contribution in [-0.4, -0.2) is 18.3 Å². The lowest BCUT2D eigenvalue weighted by Gasteiger charge is -2.19. The average Bonchev–Trinajstić information content (AvgIpc) is 2.29. The van der Waals surface area contributed by atoms with Crippen LogP contribution in [0.3, 0.4) is 0 Å². The smallest absolute Gasteiger partial charge is 0.344 e. The van der Waals surface area contributed by atoms with Gasteiger partial charge in [0.1, 0.15) is 0 Å². The van der Waals surface area contributed by atoms with Crippen molar-refractivity contribution < 1.29 is 22.4 Å². The van der Waals surface area contributed by atoms with Crippen molar-refractivity contribution in [3.8, 4) is 0 Å². The zero-order chi connectivity index (χ0) is 13.9. The summed E-state index contributed by atoms with van der Waals surface area (Å²) in [6.45, 7) is 3.29. The third-order valence-electron chi connectivity index (χ3n) is 2.50. The number of alkyl halides is 4. The summed E-state index contributed by atoms with van der Waals surface area (Å²) in [5, 5.41) is 1.87. The van der Waals surface area contributed by atoms with Crippen molar-refractivity contribution in [3.63, 3.8) is 0 Å². The van der Waals surface area contributed by atoms with Crippen LogP contribution in [0.2, 0.25) is 0 Å². The zero-order valence-corrected chi connectivity index (χ0v) is 9.88. The van der Waals surface area contributed by atoms with Gasteiger partial charge in [0.15, 0.2) is 0 Å². The van der Waals surface area contributed by atoms with E-state index in [0.717, 1.165) is 5.56 Å². The number of aryl methyl sites for hydroxylation is 1. The van der Waals surface area contributed by atoms with Gasteiger partial charge in [0.2, 0.25) is 0 Å². The number of hydrogen-bond donors (Lipinski definition) is 1. The monoisotopic (exact) mass is 263 g/mol. The van der Waals surface area contributed by atoms with Crippen molar-refractivity contribution in [3.05, 3.63) is 35.4 Å². The fraction of sp³-hybridized carbons (Fsp3) is 0.417. The largest absolute Gasteiger partial charge is 0.383 e. The second kappa shape index (κ2) is 5.37. The van der Waals surface area contributed by atoms with Crippen molar-refractivity contribution >= 4 is 5.91 Å². The van der Waals surface area contributed by atoms with Gasteiger partial charge in [-0.1, -0.05) is 29.8 Å². The van der Waals surface area contributed by atoms with E-state index < -0.39 is 24.3 Å². The standard InChI is InChI=1S/C12H13F4NO/c1-7-3-5-9(6-4-7)8(2)17-11(18)12(15,16)10(13)14/h3-6,8,10H,1-2H3,(H,17,18)/t8-/m0/s1. The molecule has 0 heterocycles. The molecule has 0 saturated carbocycles. The first-order valence-corrected chi connectivity index (χ1v) is 5.28. The highest BCUT2D eigenvalue weighted by molar-refractivity contribution is 5.84. The average molecular weight is 263 g/mol. The Kier molecular flexibility index (Phi) is 4.32. The third kappa shape index (κ3) is 3.21. The molecule has 6 heteroatoms. The number of halogens is 4. The molecule has 0 bridgehead atoms. The minimum Gasteiger partial charge on any atom is -0.344 e. The molecule has 0 saturated heterocycles. The predicted octanol–water partition coefficient (Wildman–Crippen LogP) is 3.07. The highest BCUT2D eigenvalue weighted by atomic mass is 19.3. The van der Waals surface area contributed by atoms with Gasteiger partial charge in [-0.3, -0.25) is 4.79 Å². The molecule has 0 aliphatic carbocycles. The molecule has 1 atom stereocenters. The number of carbonyl (C=O) groups excluding carboxylic acids is 1. The number of rotatable bonds is 4. The molecule has 1 amide bonds. The van der Waals surface area contributed by atoms with Gasteiger partial charge in [-0.05, 0) is 19.4 Å². The molecule has 1 aromatic rings. The van der Waals surface area contributed by atoms with Gasteiger partial charge in [0.25, 0.3) is 5.91 Å². The summed E-state index contributed by atoms with van der Waals surface area (Å²) in [5.74, 6) is -6.63. The first-order chi connectivity index (χ1) is 8.25. The number of carbonyl (C=O) groups is 1. The normalized spacial score (nSPS) is 13.5. The Morgan fingerprint density at radius 2 is 1.72 bits per heavy atom. The maximum absolute atomic E-state index is 12.7. The number of nitrogens with one attached hydrogen (secondary N) is 1. The fourth-order valence-corrected chi connectivity index (χ4v) is 1.33. The molecule has 0 unspecified atom stereocenters. The lowest BCUT2D eigenvalue weighted by molar-refractivity contribution is -0.170. The topological polar surface area (TPSA) is 29.1 Å². The number of benzene rings is 1. The predicted molar refractivity (Wildman–Crippen MR) is 58.7 cm³/mol. The van der Waals surface area contributed by atoms with Gasteiger partial charge in [-0.25, -0.2) is 8.78 Å². The van der Waals surface area contributed by atoms with E-state index in [2.05, 4.69) is 0 Å². The van der Waals surface area contributed by atoms with E-state index in [1.807, 2.05) is 12.2 Å². The maximum atomic E-state index is 12.7. The van der Waals surface area contributed by atoms with Crippen LogP contribution in [0.15, 0.2) is 24.3 Å². The molecule has 18 heavy (non-hydrogen) atoms. The van der Waals surface area contributed by atoms with Crippen LogP contribution in [0, 0.1) is 6.92 Å². The summed E-state index contributed by atoms with van der Waals surface area (Å²) in [6, 6.07) is 6.00. The summed E-state index contributed by atoms with van der Waals surface area (Å²) in [5.41, 5.74) is 1.54. The van der Waals surface area contributed by atoms with Gasteiger partial charge in [0.05, 0.1) is 6.04 Å². The SMILES string of the molecule is Cc1ccc([C@H](C)NC(=O)C(F)(F)C(F)F)cc1. The molecule has 2 nitrogen and oxygen atoms in total. The molecule has 100 valence electrons. The summed E-state index contributed by atoms with van der Waals surface area (Å²) >= 11 is 0. The summed E-state index contributed by atoms with van der Waals surface area (Å²) in [4.78, 5) is 11.0. The molecule has 1 aromatic carbocycles. The van der Waals surface area contributed by atoms with Crippen LogP contribution >= 0.6 is 0 Å². The second-order valence-corrected chi connectivity index (χ2v) is 4.03. The molecule has 0 spiro atoms. The Bertz CT molecular complexity index is 417. The molecule has 0 fully saturated rings. The van der Waals surface area contributed by atoms with Crippen molar-refractivity contribution in [1.82, 2.24) is 5.32 Å². The Hall–Kier alpha value is -1.59. The Balaban J connectivity index is 2.73. The van der Waals surface area contributed by atoms with E-state index in [0.29, 0.717) is 5.56 Å². The minimum atomic E-state index is -4.67. The molecule has 0 radical (unpaired) electrons. The van der Waals surface area contributed by atoms with Gasteiger partial charge in [-0.2, -0.15) is 8.78 Å². The van der Waals surface area contributed by atoms with E-state index in [-0.39, 0.29) is 0 Å². The maximum Gasteiger partial charge on any atom is 0.383 e. The highest BCUT2D eigenvalue weighted by Crippen LogP contribution is 2.24. The molecule has 0 aliphatic heterocycles. The second-order valence-electron chi connectivity index (χ2n) is 4.03. The van der Waals surface area contributed by atoms with Crippen LogP contribution in [0.25, 0.3) is 0 Å². The van der Waals surface area contributed by atoms with Crippen LogP contribution in [0.4, 0.5) is 17.6 Å². The van der Waals surface area contributed by atoms with Gasteiger partial charge in [0, 0.05) is 0 Å². The van der Waals surface area contributed by atoms with E-state index in [9.17, 15) is 22.4 Å². The van der Waals surface area contributed by atoms with Gasteiger partial charge < -0.3 is 5.32 Å². The Labute approximate surface area is 102 Å². The summed E-state index contributed by atoms with van der Waals surface area (Å²) in [6.07, 6.45) is -4.01. The molecular formula is C12H13F4NO. The van der Waals surface area contributed by atoms with E-state index in [1.54, 1.807) is 24.3 Å². The summed E-state index contributed by atoms with van der Waals surface area (Å²) in [7, 11) is 0. The van der Waals surface area contributed by atoms with Crippen molar-refractivity contribution in [2.24, 2.45) is 0 Å². The lowest BCUT2D eigenvalue weighted by Crippen LogP contribution is -2.45. The van der Waals surface area contributed by atoms with Crippen molar-refractivity contribution in [2.45, 2.75) is 32.2 Å². The van der Waals surface area contributed by atoms with Crippen molar-refractivity contribution in [2.75, 3.05) is 0 Å². The van der Waals surface area contributed by atoms with E-state index in [1.165, 1.54) is 6.92 Å². The summed E-state index contributed by atoms with van der Waals surface area (Å²) < 4.78 is 49.4. The van der Waals surface area contributed by atoms with Gasteiger partial charge in [-0.15, -0.1) is 0 Å². The molecule has 1 rings (SSSR count). The van der Waals surface area contributed by atoms with Crippen LogP contribution < -0.4 is 5.32 Å². The molecular weight excluding hydrogens is 250 g/mol. The van der Waals surface area contributed by atoms with Gasteiger partial charge >= 0.3 is 12.3 Å². The van der Waals surface area contributed by atoms with Crippen LogP contribution in [0.1, 0.15) is 24.1 Å². The molecule has 1 N–H and O–H groups in total. The Morgan fingerprint density at radius 1 is 1.22 bits per heavy atom. The van der Waals surface area contributed by atoms with E-state index in [4.69, 9.17) is 0 Å². The van der Waals surface area contributed by atoms with Crippen LogP contribution in [-0.2, 0) is 4.79 Å². The lowest BCUT2D eigenvalue weighted by atomic mass is 10.1. The molecule has 0 aliphatic rings. The molecule has 0 aromatic heterocycles. The van der Waals surface area contributed by atoms with Crippen molar-refractivity contribution in [1.29, 1.82) is 0 Å². The Morgan fingerprint density at radius 3 is 2.17 bits per heavy atom. The fourth-order valence-electron chi connectivity index (χ4n) is 1.33. The quantitative estimate of drug-likeness (QED) is 0.831. The first-order valence-electron chi connectivity index (χ1n) is 5.28. The third-order valence-corrected chi connectivity index (χ3v) is 2.50. The first kappa shape index (κ1) is 14.5. The van der Waals surface area contributed by atoms with Crippen LogP contribution in [0.5, 0.6) is 0 Å². The zero-order valence-electron chi connectivity index (χ0n) is 9.88. The number of amides is 1. The van der Waals surface area contributed by atoms with E-state index >= 15 is 0 Å². The minimum absolute atomic E-state index is 0.569. The highest BCUT2D eigenvalue weighted by Gasteiger charge is 2.49.